The highest BCUT2D eigenvalue weighted by Gasteiger charge is 2.22. The number of anilines is 1. The normalized spacial score (nSPS) is 17.4. The van der Waals surface area contributed by atoms with Crippen LogP contribution in [-0.2, 0) is 6.54 Å². The molecule has 130 valence electrons. The zero-order valence-corrected chi connectivity index (χ0v) is 13.5. The van der Waals surface area contributed by atoms with Gasteiger partial charge in [0.2, 0.25) is 11.8 Å². The maximum Gasteiger partial charge on any atom is 0.291 e. The predicted molar refractivity (Wildman–Crippen MR) is 88.1 cm³/mol. The lowest BCUT2D eigenvalue weighted by Gasteiger charge is -2.32. The van der Waals surface area contributed by atoms with Crippen molar-refractivity contribution in [2.75, 3.05) is 18.0 Å². The smallest absolute Gasteiger partial charge is 0.291 e. The molecule has 1 atom stereocenters. The second kappa shape index (κ2) is 6.99. The zero-order valence-electron chi connectivity index (χ0n) is 13.5. The molecule has 6 nitrogen and oxygen atoms in total. The second-order valence-electron chi connectivity index (χ2n) is 6.06. The summed E-state index contributed by atoms with van der Waals surface area (Å²) in [5.41, 5.74) is 5.62. The Hall–Kier alpha value is -2.79. The molecule has 0 spiro atoms. The lowest BCUT2D eigenvalue weighted by atomic mass is 10.1. The van der Waals surface area contributed by atoms with Crippen LogP contribution in [-0.4, -0.2) is 28.7 Å². The topological polar surface area (TPSA) is 87.9 Å². The van der Waals surface area contributed by atoms with E-state index in [1.54, 1.807) is 0 Å². The quantitative estimate of drug-likeness (QED) is 0.908. The Bertz CT molecular complexity index is 890. The molecule has 0 aliphatic carbocycles. The van der Waals surface area contributed by atoms with Crippen molar-refractivity contribution in [2.24, 2.45) is 5.73 Å². The molecule has 1 aliphatic heterocycles. The summed E-state index contributed by atoms with van der Waals surface area (Å²) in [5.74, 6) is -1.26. The molecule has 1 fully saturated rings. The first-order valence-corrected chi connectivity index (χ1v) is 7.94. The molecule has 0 saturated carbocycles. The fourth-order valence-electron chi connectivity index (χ4n) is 3.02. The molecular weight excluding hydrogens is 328 g/mol. The SMILES string of the molecule is N#Cc1ccc(F)cc1Cn1c(N2CCCC(N)C2)ncc(F)c1=O. The van der Waals surface area contributed by atoms with Gasteiger partial charge in [0.25, 0.3) is 5.56 Å². The standard InChI is InChI=1S/C17H17F2N5O/c18-13-4-3-11(7-20)12(6-13)9-24-16(25)15(19)8-22-17(24)23-5-1-2-14(21)10-23/h3-4,6,8,14H,1-2,5,9-10,21H2. The van der Waals surface area contributed by atoms with Crippen LogP contribution < -0.4 is 16.2 Å². The molecule has 1 aromatic heterocycles. The Labute approximate surface area is 143 Å². The van der Waals surface area contributed by atoms with Gasteiger partial charge in [-0.1, -0.05) is 0 Å². The maximum atomic E-state index is 13.8. The van der Waals surface area contributed by atoms with Gasteiger partial charge in [-0.3, -0.25) is 9.36 Å². The third-order valence-electron chi connectivity index (χ3n) is 4.24. The Morgan fingerprint density at radius 3 is 2.92 bits per heavy atom. The van der Waals surface area contributed by atoms with Gasteiger partial charge in [-0.2, -0.15) is 9.65 Å². The van der Waals surface area contributed by atoms with E-state index in [2.05, 4.69) is 4.98 Å². The number of hydrogen-bond donors (Lipinski definition) is 1. The highest BCUT2D eigenvalue weighted by atomic mass is 19.1. The number of nitrogens with zero attached hydrogens (tertiary/aromatic N) is 4. The number of nitrogens with two attached hydrogens (primary N) is 1. The van der Waals surface area contributed by atoms with Crippen molar-refractivity contribution < 1.29 is 8.78 Å². The van der Waals surface area contributed by atoms with Crippen LogP contribution in [0.5, 0.6) is 0 Å². The van der Waals surface area contributed by atoms with Crippen LogP contribution in [0, 0.1) is 23.0 Å². The second-order valence-corrected chi connectivity index (χ2v) is 6.06. The van der Waals surface area contributed by atoms with E-state index in [1.807, 2.05) is 11.0 Å². The number of rotatable bonds is 3. The lowest BCUT2D eigenvalue weighted by Crippen LogP contribution is -2.45. The summed E-state index contributed by atoms with van der Waals surface area (Å²) < 4.78 is 28.5. The first kappa shape index (κ1) is 17.0. The van der Waals surface area contributed by atoms with Crippen molar-refractivity contribution >= 4 is 5.95 Å². The van der Waals surface area contributed by atoms with Crippen LogP contribution in [0.2, 0.25) is 0 Å². The minimum Gasteiger partial charge on any atom is -0.341 e. The molecule has 0 bridgehead atoms. The Morgan fingerprint density at radius 1 is 1.40 bits per heavy atom. The molecule has 1 saturated heterocycles. The molecule has 25 heavy (non-hydrogen) atoms. The lowest BCUT2D eigenvalue weighted by molar-refractivity contribution is 0.484. The third kappa shape index (κ3) is 3.51. The number of piperidine rings is 1. The molecule has 0 amide bonds. The maximum absolute atomic E-state index is 13.8. The van der Waals surface area contributed by atoms with E-state index in [4.69, 9.17) is 5.73 Å². The molecule has 1 aromatic carbocycles. The highest BCUT2D eigenvalue weighted by molar-refractivity contribution is 5.40. The van der Waals surface area contributed by atoms with Crippen LogP contribution in [0.3, 0.4) is 0 Å². The van der Waals surface area contributed by atoms with E-state index in [0.717, 1.165) is 23.6 Å². The number of hydrogen-bond acceptors (Lipinski definition) is 5. The average molecular weight is 345 g/mol. The van der Waals surface area contributed by atoms with E-state index < -0.39 is 17.2 Å². The molecule has 1 unspecified atom stereocenters. The van der Waals surface area contributed by atoms with Crippen molar-refractivity contribution in [3.8, 4) is 6.07 Å². The average Bonchev–Trinajstić information content (AvgIpc) is 2.59. The van der Waals surface area contributed by atoms with Gasteiger partial charge in [0.05, 0.1) is 24.4 Å². The van der Waals surface area contributed by atoms with Gasteiger partial charge in [-0.15, -0.1) is 0 Å². The first-order valence-electron chi connectivity index (χ1n) is 7.94. The number of aromatic nitrogens is 2. The van der Waals surface area contributed by atoms with Gasteiger partial charge in [0.15, 0.2) is 0 Å². The van der Waals surface area contributed by atoms with Crippen molar-refractivity contribution in [3.05, 3.63) is 57.5 Å². The molecule has 3 rings (SSSR count). The van der Waals surface area contributed by atoms with Crippen LogP contribution >= 0.6 is 0 Å². The molecule has 1 aliphatic rings. The van der Waals surface area contributed by atoms with E-state index >= 15 is 0 Å². The fourth-order valence-corrected chi connectivity index (χ4v) is 3.02. The Kier molecular flexibility index (Phi) is 4.76. The van der Waals surface area contributed by atoms with Crippen LogP contribution in [0.25, 0.3) is 0 Å². The van der Waals surface area contributed by atoms with Crippen molar-refractivity contribution in [1.82, 2.24) is 9.55 Å². The molecule has 2 heterocycles. The monoisotopic (exact) mass is 345 g/mol. The number of halogens is 2. The van der Waals surface area contributed by atoms with Gasteiger partial charge in [0.1, 0.15) is 5.82 Å². The molecule has 8 heteroatoms. The molecule has 2 aromatic rings. The largest absolute Gasteiger partial charge is 0.341 e. The fraction of sp³-hybridized carbons (Fsp3) is 0.353. The van der Waals surface area contributed by atoms with E-state index in [0.29, 0.717) is 18.7 Å². The molecule has 0 radical (unpaired) electrons. The van der Waals surface area contributed by atoms with Crippen molar-refractivity contribution in [2.45, 2.75) is 25.4 Å². The van der Waals surface area contributed by atoms with Gasteiger partial charge >= 0.3 is 0 Å². The predicted octanol–water partition coefficient (Wildman–Crippen LogP) is 1.37. The summed E-state index contributed by atoms with van der Waals surface area (Å²) in [6.07, 6.45) is 2.58. The summed E-state index contributed by atoms with van der Waals surface area (Å²) in [7, 11) is 0. The highest BCUT2D eigenvalue weighted by Crippen LogP contribution is 2.19. The minimum absolute atomic E-state index is 0.0620. The van der Waals surface area contributed by atoms with E-state index in [1.165, 1.54) is 18.2 Å². The van der Waals surface area contributed by atoms with E-state index in [-0.39, 0.29) is 24.1 Å². The summed E-state index contributed by atoms with van der Waals surface area (Å²) in [4.78, 5) is 18.2. The number of benzene rings is 1. The molecular formula is C17H17F2N5O. The van der Waals surface area contributed by atoms with Crippen molar-refractivity contribution in [3.63, 3.8) is 0 Å². The number of nitriles is 1. The van der Waals surface area contributed by atoms with Gasteiger partial charge < -0.3 is 10.6 Å². The Balaban J connectivity index is 2.06. The van der Waals surface area contributed by atoms with Gasteiger partial charge in [-0.25, -0.2) is 9.37 Å². The Morgan fingerprint density at radius 2 is 2.20 bits per heavy atom. The van der Waals surface area contributed by atoms with Crippen LogP contribution in [0.1, 0.15) is 24.0 Å². The van der Waals surface area contributed by atoms with Gasteiger partial charge in [-0.05, 0) is 36.6 Å². The summed E-state index contributed by atoms with van der Waals surface area (Å²) in [6, 6.07) is 5.56. The van der Waals surface area contributed by atoms with Crippen molar-refractivity contribution in [1.29, 1.82) is 5.26 Å². The summed E-state index contributed by atoms with van der Waals surface area (Å²) >= 11 is 0. The van der Waals surface area contributed by atoms with Crippen LogP contribution in [0.4, 0.5) is 14.7 Å². The summed E-state index contributed by atoms with van der Waals surface area (Å²) in [5, 5.41) is 9.19. The first-order chi connectivity index (χ1) is 12.0. The van der Waals surface area contributed by atoms with E-state index in [9.17, 15) is 18.8 Å². The minimum atomic E-state index is -1.00. The summed E-state index contributed by atoms with van der Waals surface area (Å²) in [6.45, 7) is 0.984. The third-order valence-corrected chi connectivity index (χ3v) is 4.24. The van der Waals surface area contributed by atoms with Gasteiger partial charge in [0, 0.05) is 19.1 Å². The molecule has 2 N–H and O–H groups in total. The zero-order chi connectivity index (χ0) is 18.0. The van der Waals surface area contributed by atoms with Crippen LogP contribution in [0.15, 0.2) is 29.2 Å².